The van der Waals surface area contributed by atoms with Gasteiger partial charge >= 0.3 is 0 Å². The molecule has 2 aromatic rings. The minimum Gasteiger partial charge on any atom is -0.489 e. The number of ether oxygens (including phenoxy) is 1. The summed E-state index contributed by atoms with van der Waals surface area (Å²) in [7, 11) is 1.74. The maximum atomic E-state index is 13.0. The summed E-state index contributed by atoms with van der Waals surface area (Å²) in [5.41, 5.74) is 2.43. The van der Waals surface area contributed by atoms with E-state index in [4.69, 9.17) is 4.74 Å². The highest BCUT2D eigenvalue weighted by molar-refractivity contribution is 5.79. The molecule has 0 aliphatic carbocycles. The van der Waals surface area contributed by atoms with Crippen LogP contribution in [0, 0.1) is 5.82 Å². The van der Waals surface area contributed by atoms with E-state index in [0.29, 0.717) is 24.8 Å². The zero-order valence-electron chi connectivity index (χ0n) is 16.4. The van der Waals surface area contributed by atoms with E-state index in [1.165, 1.54) is 23.4 Å². The van der Waals surface area contributed by atoms with Crippen LogP contribution in [0.5, 0.6) is 5.75 Å². The fraction of sp³-hybridized carbons (Fsp3) is 0.318. The first-order valence-electron chi connectivity index (χ1n) is 9.49. The second-order valence-corrected chi connectivity index (χ2v) is 6.74. The Labute approximate surface area is 165 Å². The van der Waals surface area contributed by atoms with Crippen molar-refractivity contribution in [3.8, 4) is 5.75 Å². The van der Waals surface area contributed by atoms with Gasteiger partial charge in [-0.2, -0.15) is 0 Å². The molecule has 0 bridgehead atoms. The molecule has 2 aromatic carbocycles. The molecular weight excluding hydrogens is 355 g/mol. The maximum absolute atomic E-state index is 13.0. The van der Waals surface area contributed by atoms with Crippen molar-refractivity contribution in [1.29, 1.82) is 0 Å². The van der Waals surface area contributed by atoms with E-state index < -0.39 is 0 Å². The van der Waals surface area contributed by atoms with Gasteiger partial charge in [0.1, 0.15) is 17.7 Å². The lowest BCUT2D eigenvalue weighted by Gasteiger charge is -2.19. The van der Waals surface area contributed by atoms with Crippen LogP contribution in [-0.4, -0.2) is 38.7 Å². The van der Waals surface area contributed by atoms with Gasteiger partial charge in [0.25, 0.3) is 0 Å². The molecule has 3 rings (SSSR count). The first kappa shape index (κ1) is 19.7. The first-order valence-corrected chi connectivity index (χ1v) is 9.49. The predicted molar refractivity (Wildman–Crippen MR) is 112 cm³/mol. The van der Waals surface area contributed by atoms with E-state index in [0.717, 1.165) is 13.1 Å². The average molecular weight is 382 g/mol. The standard InChI is InChI=1S/C22H27FN4O/c1-17(28-21-10-8-19(23)9-11-21)15-25-22(24-2)26-16-18-6-5-7-20(14-18)27-12-3-4-13-27/h3-11,14,17H,12-13,15-16H2,1-2H3,(H2,24,25,26). The summed E-state index contributed by atoms with van der Waals surface area (Å²) in [4.78, 5) is 6.59. The maximum Gasteiger partial charge on any atom is 0.191 e. The van der Waals surface area contributed by atoms with E-state index in [1.807, 2.05) is 6.92 Å². The fourth-order valence-corrected chi connectivity index (χ4v) is 2.99. The van der Waals surface area contributed by atoms with Gasteiger partial charge in [-0.1, -0.05) is 24.3 Å². The molecule has 0 saturated carbocycles. The van der Waals surface area contributed by atoms with E-state index in [-0.39, 0.29) is 11.9 Å². The van der Waals surface area contributed by atoms with Crippen LogP contribution in [0.1, 0.15) is 12.5 Å². The van der Waals surface area contributed by atoms with Crippen LogP contribution in [-0.2, 0) is 6.54 Å². The number of nitrogens with zero attached hydrogens (tertiary/aromatic N) is 2. The van der Waals surface area contributed by atoms with E-state index >= 15 is 0 Å². The van der Waals surface area contributed by atoms with Gasteiger partial charge < -0.3 is 20.3 Å². The van der Waals surface area contributed by atoms with Crippen molar-refractivity contribution in [3.63, 3.8) is 0 Å². The van der Waals surface area contributed by atoms with Crippen molar-refractivity contribution in [3.05, 3.63) is 72.1 Å². The molecule has 0 spiro atoms. The lowest BCUT2D eigenvalue weighted by atomic mass is 10.2. The quantitative estimate of drug-likeness (QED) is 0.438. The number of anilines is 1. The van der Waals surface area contributed by atoms with Crippen LogP contribution >= 0.6 is 0 Å². The molecule has 1 heterocycles. The lowest BCUT2D eigenvalue weighted by Crippen LogP contribution is -2.41. The van der Waals surface area contributed by atoms with Gasteiger partial charge in [0.2, 0.25) is 0 Å². The molecule has 1 atom stereocenters. The molecule has 2 N–H and O–H groups in total. The Morgan fingerprint density at radius 3 is 2.61 bits per heavy atom. The normalized spacial score (nSPS) is 14.8. The van der Waals surface area contributed by atoms with Gasteiger partial charge in [0, 0.05) is 32.4 Å². The van der Waals surface area contributed by atoms with Crippen molar-refractivity contribution in [2.24, 2.45) is 4.99 Å². The summed E-state index contributed by atoms with van der Waals surface area (Å²) in [6.45, 7) is 5.15. The second kappa shape index (κ2) is 9.78. The molecule has 1 aliphatic rings. The zero-order valence-corrected chi connectivity index (χ0v) is 16.4. The molecule has 6 heteroatoms. The van der Waals surface area contributed by atoms with Crippen LogP contribution in [0.15, 0.2) is 65.7 Å². The number of benzene rings is 2. The van der Waals surface area contributed by atoms with Gasteiger partial charge in [-0.3, -0.25) is 4.99 Å². The Balaban J connectivity index is 1.45. The molecule has 1 aliphatic heterocycles. The number of guanidine groups is 1. The number of nitrogens with one attached hydrogen (secondary N) is 2. The third-order valence-electron chi connectivity index (χ3n) is 4.49. The summed E-state index contributed by atoms with van der Waals surface area (Å²) in [6.07, 6.45) is 4.28. The summed E-state index contributed by atoms with van der Waals surface area (Å²) >= 11 is 0. The van der Waals surface area contributed by atoms with E-state index in [9.17, 15) is 4.39 Å². The van der Waals surface area contributed by atoms with Crippen LogP contribution in [0.4, 0.5) is 10.1 Å². The number of halogens is 1. The van der Waals surface area contributed by atoms with Gasteiger partial charge in [-0.15, -0.1) is 0 Å². The average Bonchev–Trinajstić information content (AvgIpc) is 3.25. The second-order valence-electron chi connectivity index (χ2n) is 6.74. The highest BCUT2D eigenvalue weighted by Crippen LogP contribution is 2.18. The molecule has 0 aromatic heterocycles. The van der Waals surface area contributed by atoms with Crippen molar-refractivity contribution < 1.29 is 9.13 Å². The summed E-state index contributed by atoms with van der Waals surface area (Å²) in [6, 6.07) is 14.6. The minimum atomic E-state index is -0.271. The minimum absolute atomic E-state index is 0.0880. The highest BCUT2D eigenvalue weighted by Gasteiger charge is 2.09. The van der Waals surface area contributed by atoms with Crippen molar-refractivity contribution >= 4 is 11.6 Å². The van der Waals surface area contributed by atoms with Crippen molar-refractivity contribution in [2.75, 3.05) is 31.6 Å². The Morgan fingerprint density at radius 1 is 1.14 bits per heavy atom. The SMILES string of the molecule is CN=C(NCc1cccc(N2CC=CC2)c1)NCC(C)Oc1ccc(F)cc1. The summed E-state index contributed by atoms with van der Waals surface area (Å²) < 4.78 is 18.7. The molecule has 1 unspecified atom stereocenters. The van der Waals surface area contributed by atoms with E-state index in [1.54, 1.807) is 19.2 Å². The smallest absolute Gasteiger partial charge is 0.191 e. The van der Waals surface area contributed by atoms with E-state index in [2.05, 4.69) is 56.9 Å². The third-order valence-corrected chi connectivity index (χ3v) is 4.49. The highest BCUT2D eigenvalue weighted by atomic mass is 19.1. The summed E-state index contributed by atoms with van der Waals surface area (Å²) in [5, 5.41) is 6.59. The summed E-state index contributed by atoms with van der Waals surface area (Å²) in [5.74, 6) is 1.09. The molecular formula is C22H27FN4O. The van der Waals surface area contributed by atoms with Crippen LogP contribution in [0.25, 0.3) is 0 Å². The lowest BCUT2D eigenvalue weighted by molar-refractivity contribution is 0.223. The van der Waals surface area contributed by atoms with Gasteiger partial charge in [-0.25, -0.2) is 4.39 Å². The molecule has 0 amide bonds. The van der Waals surface area contributed by atoms with Crippen LogP contribution in [0.3, 0.4) is 0 Å². The fourth-order valence-electron chi connectivity index (χ4n) is 2.99. The molecule has 0 fully saturated rings. The van der Waals surface area contributed by atoms with Crippen LogP contribution < -0.4 is 20.3 Å². The third kappa shape index (κ3) is 5.74. The van der Waals surface area contributed by atoms with Gasteiger partial charge in [-0.05, 0) is 48.9 Å². The number of hydrogen-bond acceptors (Lipinski definition) is 3. The van der Waals surface area contributed by atoms with Gasteiger partial charge in [0.15, 0.2) is 5.96 Å². The molecule has 148 valence electrons. The first-order chi connectivity index (χ1) is 13.6. The largest absolute Gasteiger partial charge is 0.489 e. The van der Waals surface area contributed by atoms with Crippen molar-refractivity contribution in [1.82, 2.24) is 10.6 Å². The van der Waals surface area contributed by atoms with Gasteiger partial charge in [0.05, 0.1) is 6.54 Å². The van der Waals surface area contributed by atoms with Crippen molar-refractivity contribution in [2.45, 2.75) is 19.6 Å². The molecule has 0 radical (unpaired) electrons. The molecule has 0 saturated heterocycles. The Morgan fingerprint density at radius 2 is 1.89 bits per heavy atom. The Hall–Kier alpha value is -3.02. The Kier molecular flexibility index (Phi) is 6.89. The number of aliphatic imine (C=N–C) groups is 1. The topological polar surface area (TPSA) is 48.9 Å². The predicted octanol–water partition coefficient (Wildman–Crippen LogP) is 3.33. The molecule has 28 heavy (non-hydrogen) atoms. The number of rotatable bonds is 7. The zero-order chi connectivity index (χ0) is 19.8. The molecule has 5 nitrogen and oxygen atoms in total. The van der Waals surface area contributed by atoms with Crippen LogP contribution in [0.2, 0.25) is 0 Å². The number of hydrogen-bond donors (Lipinski definition) is 2. The monoisotopic (exact) mass is 382 g/mol. The Bertz CT molecular complexity index is 812.